The first-order chi connectivity index (χ1) is 10.5. The van der Waals surface area contributed by atoms with E-state index in [0.717, 1.165) is 6.42 Å². The molecule has 0 N–H and O–H groups in total. The van der Waals surface area contributed by atoms with Gasteiger partial charge in [0, 0.05) is 32.3 Å². The van der Waals surface area contributed by atoms with Crippen LogP contribution >= 0.6 is 46.4 Å². The van der Waals surface area contributed by atoms with E-state index in [-0.39, 0.29) is 11.1 Å². The largest absolute Gasteiger partial charge is 0.490 e. The second-order valence-electron chi connectivity index (χ2n) is 3.72. The van der Waals surface area contributed by atoms with Crippen molar-refractivity contribution >= 4 is 46.4 Å². The van der Waals surface area contributed by atoms with Gasteiger partial charge in [0.05, 0.1) is 16.7 Å². The lowest BCUT2D eigenvalue weighted by Gasteiger charge is -2.12. The molecule has 0 heterocycles. The Kier molecular flexibility index (Phi) is 13.0. The van der Waals surface area contributed by atoms with Gasteiger partial charge in [0.15, 0.2) is 5.75 Å². The average Bonchev–Trinajstić information content (AvgIpc) is 2.47. The number of benzene rings is 1. The smallest absolute Gasteiger partial charge is 0.156 e. The molecule has 0 saturated heterocycles. The quantitative estimate of drug-likeness (QED) is 0.500. The highest BCUT2D eigenvalue weighted by molar-refractivity contribution is 6.55. The van der Waals surface area contributed by atoms with Crippen LogP contribution in [0, 0.1) is 0 Å². The van der Waals surface area contributed by atoms with Crippen LogP contribution in [0.5, 0.6) is 11.5 Å². The van der Waals surface area contributed by atoms with Crippen molar-refractivity contribution in [3.8, 4) is 11.5 Å². The molecule has 0 radical (unpaired) electrons. The maximum Gasteiger partial charge on any atom is 0.156 e. The van der Waals surface area contributed by atoms with Crippen molar-refractivity contribution in [2.24, 2.45) is 0 Å². The molecule has 3 nitrogen and oxygen atoms in total. The van der Waals surface area contributed by atoms with Gasteiger partial charge >= 0.3 is 0 Å². The topological polar surface area (TPSA) is 27.7 Å². The fourth-order valence-electron chi connectivity index (χ4n) is 1.34. The SMILES string of the molecule is CC.COCCCOc1c(Cl)cc(OCC=C(Cl)Cl)cc1Cl. The van der Waals surface area contributed by atoms with E-state index in [0.29, 0.717) is 34.8 Å². The molecule has 0 aliphatic carbocycles. The second-order valence-corrected chi connectivity index (χ2v) is 5.54. The predicted octanol–water partition coefficient (Wildman–Crippen LogP) is 6.13. The molecule has 0 saturated carbocycles. The lowest BCUT2D eigenvalue weighted by molar-refractivity contribution is 0.172. The normalized spacial score (nSPS) is 9.59. The third-order valence-corrected chi connectivity index (χ3v) is 3.07. The summed E-state index contributed by atoms with van der Waals surface area (Å²) in [5, 5.41) is 0.761. The van der Waals surface area contributed by atoms with Crippen molar-refractivity contribution < 1.29 is 14.2 Å². The first-order valence-electron chi connectivity index (χ1n) is 6.79. The second kappa shape index (κ2) is 13.1. The Labute approximate surface area is 152 Å². The molecule has 0 unspecified atom stereocenters. The van der Waals surface area contributed by atoms with E-state index in [2.05, 4.69) is 0 Å². The van der Waals surface area contributed by atoms with E-state index >= 15 is 0 Å². The van der Waals surface area contributed by atoms with Crippen LogP contribution < -0.4 is 9.47 Å². The molecule has 7 heteroatoms. The highest BCUT2D eigenvalue weighted by Gasteiger charge is 2.10. The number of methoxy groups -OCH3 is 1. The summed E-state index contributed by atoms with van der Waals surface area (Å²) in [6.07, 6.45) is 2.26. The van der Waals surface area contributed by atoms with E-state index in [4.69, 9.17) is 60.6 Å². The Morgan fingerprint density at radius 1 is 1.05 bits per heavy atom. The summed E-state index contributed by atoms with van der Waals surface area (Å²) in [4.78, 5) is 0. The van der Waals surface area contributed by atoms with Crippen LogP contribution in [-0.4, -0.2) is 26.9 Å². The van der Waals surface area contributed by atoms with Crippen molar-refractivity contribution in [2.45, 2.75) is 20.3 Å². The maximum absolute atomic E-state index is 6.10. The van der Waals surface area contributed by atoms with Crippen LogP contribution in [0.3, 0.4) is 0 Å². The Morgan fingerprint density at radius 2 is 1.64 bits per heavy atom. The summed E-state index contributed by atoms with van der Waals surface area (Å²) < 4.78 is 16.0. The molecule has 0 atom stereocenters. The Hall–Kier alpha value is -0.320. The van der Waals surface area contributed by atoms with Crippen LogP contribution in [0.25, 0.3) is 0 Å². The van der Waals surface area contributed by atoms with E-state index in [1.165, 1.54) is 6.08 Å². The number of hydrogen-bond acceptors (Lipinski definition) is 3. The van der Waals surface area contributed by atoms with Gasteiger partial charge in [-0.25, -0.2) is 0 Å². The predicted molar refractivity (Wildman–Crippen MR) is 95.1 cm³/mol. The van der Waals surface area contributed by atoms with Crippen molar-refractivity contribution in [2.75, 3.05) is 26.9 Å². The fourth-order valence-corrected chi connectivity index (χ4v) is 2.04. The molecule has 0 bridgehead atoms. The van der Waals surface area contributed by atoms with Crippen LogP contribution in [0.15, 0.2) is 22.7 Å². The zero-order chi connectivity index (χ0) is 17.0. The summed E-state index contributed by atoms with van der Waals surface area (Å²) in [5.41, 5.74) is 0. The van der Waals surface area contributed by atoms with E-state index in [9.17, 15) is 0 Å². The standard InChI is InChI=1S/C13H14Cl4O3.C2H6/c1-18-4-2-5-20-13-10(14)7-9(8-11(13)15)19-6-3-12(16)17;1-2/h3,7-8H,2,4-6H2,1H3;1-2H3. The van der Waals surface area contributed by atoms with Crippen LogP contribution in [0.4, 0.5) is 0 Å². The third kappa shape index (κ3) is 8.96. The van der Waals surface area contributed by atoms with Crippen LogP contribution in [0.1, 0.15) is 20.3 Å². The monoisotopic (exact) mass is 388 g/mol. The van der Waals surface area contributed by atoms with Gasteiger partial charge in [0.2, 0.25) is 0 Å². The molecule has 126 valence electrons. The Balaban J connectivity index is 0.00000211. The lowest BCUT2D eigenvalue weighted by Crippen LogP contribution is -2.02. The first-order valence-corrected chi connectivity index (χ1v) is 8.30. The average molecular weight is 390 g/mol. The molecule has 1 rings (SSSR count). The molecule has 0 aromatic heterocycles. The summed E-state index contributed by atoms with van der Waals surface area (Å²) in [6, 6.07) is 3.24. The van der Waals surface area contributed by atoms with E-state index in [1.54, 1.807) is 19.2 Å². The number of halogens is 4. The zero-order valence-corrected chi connectivity index (χ0v) is 15.8. The molecule has 0 fully saturated rings. The molecule has 0 spiro atoms. The van der Waals surface area contributed by atoms with Crippen molar-refractivity contribution in [1.29, 1.82) is 0 Å². The minimum Gasteiger partial charge on any atom is -0.490 e. The molecular formula is C15H20Cl4O3. The Bertz CT molecular complexity index is 437. The molecule has 22 heavy (non-hydrogen) atoms. The Morgan fingerprint density at radius 3 is 2.14 bits per heavy atom. The van der Waals surface area contributed by atoms with Gasteiger partial charge in [-0.15, -0.1) is 0 Å². The summed E-state index contributed by atoms with van der Waals surface area (Å²) in [7, 11) is 1.63. The van der Waals surface area contributed by atoms with Gasteiger partial charge in [-0.1, -0.05) is 60.3 Å². The fraction of sp³-hybridized carbons (Fsp3) is 0.467. The zero-order valence-electron chi connectivity index (χ0n) is 12.8. The minimum atomic E-state index is 0.139. The molecule has 1 aromatic rings. The van der Waals surface area contributed by atoms with Crippen molar-refractivity contribution in [3.05, 3.63) is 32.7 Å². The van der Waals surface area contributed by atoms with Crippen LogP contribution in [-0.2, 0) is 4.74 Å². The third-order valence-electron chi connectivity index (χ3n) is 2.20. The van der Waals surface area contributed by atoms with Crippen molar-refractivity contribution in [3.63, 3.8) is 0 Å². The van der Waals surface area contributed by atoms with Gasteiger partial charge in [0.25, 0.3) is 0 Å². The number of rotatable bonds is 8. The van der Waals surface area contributed by atoms with E-state index in [1.807, 2.05) is 13.8 Å². The maximum atomic E-state index is 6.10. The summed E-state index contributed by atoms with van der Waals surface area (Å²) in [5.74, 6) is 0.942. The first kappa shape index (κ1) is 21.7. The van der Waals surface area contributed by atoms with Gasteiger partial charge in [-0.3, -0.25) is 0 Å². The minimum absolute atomic E-state index is 0.139. The van der Waals surface area contributed by atoms with E-state index < -0.39 is 0 Å². The van der Waals surface area contributed by atoms with Gasteiger partial charge in [0.1, 0.15) is 16.8 Å². The van der Waals surface area contributed by atoms with Crippen molar-refractivity contribution in [1.82, 2.24) is 0 Å². The van der Waals surface area contributed by atoms with Gasteiger partial charge in [-0.05, 0) is 6.08 Å². The van der Waals surface area contributed by atoms with Gasteiger partial charge in [-0.2, -0.15) is 0 Å². The molecule has 0 amide bonds. The lowest BCUT2D eigenvalue weighted by atomic mass is 10.3. The number of hydrogen-bond donors (Lipinski definition) is 0. The highest BCUT2D eigenvalue weighted by Crippen LogP contribution is 2.37. The summed E-state index contributed by atoms with van der Waals surface area (Å²) >= 11 is 23.2. The summed E-state index contributed by atoms with van der Waals surface area (Å²) in [6.45, 7) is 5.31. The molecule has 0 aliphatic heterocycles. The molecule has 1 aromatic carbocycles. The highest BCUT2D eigenvalue weighted by atomic mass is 35.5. The molecule has 0 aliphatic rings. The molecular weight excluding hydrogens is 370 g/mol. The number of ether oxygens (including phenoxy) is 3. The van der Waals surface area contributed by atoms with Gasteiger partial charge < -0.3 is 14.2 Å². The van der Waals surface area contributed by atoms with Crippen LogP contribution in [0.2, 0.25) is 10.0 Å².